The first-order valence-corrected chi connectivity index (χ1v) is 6.83. The molecule has 3 rings (SSSR count). The molecule has 0 unspecified atom stereocenters. The van der Waals surface area contributed by atoms with Crippen molar-refractivity contribution in [2.45, 2.75) is 37.9 Å². The van der Waals surface area contributed by atoms with E-state index in [0.29, 0.717) is 12.0 Å². The normalized spacial score (nSPS) is 23.1. The second kappa shape index (κ2) is 5.27. The zero-order valence-electron chi connectivity index (χ0n) is 11.2. The van der Waals surface area contributed by atoms with Gasteiger partial charge in [-0.25, -0.2) is 0 Å². The van der Waals surface area contributed by atoms with Crippen molar-refractivity contribution in [3.63, 3.8) is 0 Å². The largest absolute Gasteiger partial charge is 0.392 e. The third-order valence-corrected chi connectivity index (χ3v) is 4.09. The van der Waals surface area contributed by atoms with Gasteiger partial charge in [-0.1, -0.05) is 12.1 Å². The number of nitrogens with zero attached hydrogens (tertiary/aromatic N) is 1. The van der Waals surface area contributed by atoms with E-state index in [0.717, 1.165) is 35.7 Å². The molecule has 0 bridgehead atoms. The standard InChI is InChI=1S/C16H19NO2/c1-19-14-5-3-13(9-14)16-7-4-12-8-11(10-18)2-6-15(12)17-16/h2,4,6-8,13-14,18H,3,5,9-10H2,1H3/t13-,14-/m0/s1. The van der Waals surface area contributed by atoms with E-state index in [-0.39, 0.29) is 6.61 Å². The second-order valence-corrected chi connectivity index (χ2v) is 5.29. The van der Waals surface area contributed by atoms with Crippen molar-refractivity contribution in [2.24, 2.45) is 0 Å². The van der Waals surface area contributed by atoms with Gasteiger partial charge in [-0.05, 0) is 43.0 Å². The molecule has 1 fully saturated rings. The zero-order chi connectivity index (χ0) is 13.2. The van der Waals surface area contributed by atoms with E-state index in [4.69, 9.17) is 14.8 Å². The van der Waals surface area contributed by atoms with Crippen LogP contribution in [-0.2, 0) is 11.3 Å². The van der Waals surface area contributed by atoms with Crippen LogP contribution in [0.4, 0.5) is 0 Å². The lowest BCUT2D eigenvalue weighted by molar-refractivity contribution is 0.108. The van der Waals surface area contributed by atoms with Crippen LogP contribution in [0.5, 0.6) is 0 Å². The van der Waals surface area contributed by atoms with E-state index >= 15 is 0 Å². The average molecular weight is 257 g/mol. The lowest BCUT2D eigenvalue weighted by Gasteiger charge is -2.11. The first kappa shape index (κ1) is 12.6. The van der Waals surface area contributed by atoms with Crippen molar-refractivity contribution < 1.29 is 9.84 Å². The molecular formula is C16H19NO2. The van der Waals surface area contributed by atoms with Crippen LogP contribution in [0, 0.1) is 0 Å². The van der Waals surface area contributed by atoms with Crippen molar-refractivity contribution in [3.05, 3.63) is 41.6 Å². The average Bonchev–Trinajstić information content (AvgIpc) is 2.95. The Kier molecular flexibility index (Phi) is 3.49. The second-order valence-electron chi connectivity index (χ2n) is 5.29. The Morgan fingerprint density at radius 1 is 1.26 bits per heavy atom. The number of ether oxygens (including phenoxy) is 1. The summed E-state index contributed by atoms with van der Waals surface area (Å²) in [5.41, 5.74) is 3.11. The van der Waals surface area contributed by atoms with Crippen molar-refractivity contribution in [2.75, 3.05) is 7.11 Å². The predicted octanol–water partition coefficient (Wildman–Crippen LogP) is 3.01. The van der Waals surface area contributed by atoms with Gasteiger partial charge in [0.15, 0.2) is 0 Å². The summed E-state index contributed by atoms with van der Waals surface area (Å²) in [6.07, 6.45) is 3.75. The maximum atomic E-state index is 9.15. The molecule has 1 aliphatic carbocycles. The SMILES string of the molecule is CO[C@H]1CC[C@H](c2ccc3cc(CO)ccc3n2)C1. The van der Waals surface area contributed by atoms with Gasteiger partial charge >= 0.3 is 0 Å². The Labute approximate surface area is 113 Å². The number of hydrogen-bond acceptors (Lipinski definition) is 3. The number of pyridine rings is 1. The Morgan fingerprint density at radius 3 is 2.89 bits per heavy atom. The van der Waals surface area contributed by atoms with Crippen molar-refractivity contribution in [3.8, 4) is 0 Å². The number of methoxy groups -OCH3 is 1. The van der Waals surface area contributed by atoms with E-state index in [1.165, 1.54) is 5.69 Å². The summed E-state index contributed by atoms with van der Waals surface area (Å²) in [6.45, 7) is 0.0792. The molecule has 0 radical (unpaired) electrons. The number of hydrogen-bond donors (Lipinski definition) is 1. The Hall–Kier alpha value is -1.45. The molecule has 0 aliphatic heterocycles. The lowest BCUT2D eigenvalue weighted by atomic mass is 10.0. The number of benzene rings is 1. The van der Waals surface area contributed by atoms with Crippen LogP contribution in [0.1, 0.15) is 36.4 Å². The molecule has 2 atom stereocenters. The molecule has 3 nitrogen and oxygen atoms in total. The summed E-state index contributed by atoms with van der Waals surface area (Å²) in [5.74, 6) is 0.520. The minimum absolute atomic E-state index is 0.0792. The third kappa shape index (κ3) is 2.48. The zero-order valence-corrected chi connectivity index (χ0v) is 11.2. The van der Waals surface area contributed by atoms with E-state index in [9.17, 15) is 0 Å². The monoisotopic (exact) mass is 257 g/mol. The highest BCUT2D eigenvalue weighted by atomic mass is 16.5. The summed E-state index contributed by atoms with van der Waals surface area (Å²) < 4.78 is 5.43. The van der Waals surface area contributed by atoms with Gasteiger partial charge in [0.2, 0.25) is 0 Å². The van der Waals surface area contributed by atoms with Crippen molar-refractivity contribution in [1.82, 2.24) is 4.98 Å². The minimum atomic E-state index is 0.0792. The van der Waals surface area contributed by atoms with Gasteiger partial charge < -0.3 is 9.84 Å². The molecule has 1 heterocycles. The predicted molar refractivity (Wildman–Crippen MR) is 75.1 cm³/mol. The highest BCUT2D eigenvalue weighted by Gasteiger charge is 2.26. The lowest BCUT2D eigenvalue weighted by Crippen LogP contribution is -2.05. The van der Waals surface area contributed by atoms with Crippen LogP contribution in [0.3, 0.4) is 0 Å². The van der Waals surface area contributed by atoms with Crippen molar-refractivity contribution >= 4 is 10.9 Å². The summed E-state index contributed by atoms with van der Waals surface area (Å²) >= 11 is 0. The Bertz CT molecular complexity index is 582. The Balaban J connectivity index is 1.90. The Morgan fingerprint density at radius 2 is 2.16 bits per heavy atom. The molecule has 1 aromatic heterocycles. The number of aromatic nitrogens is 1. The van der Waals surface area contributed by atoms with Crippen LogP contribution < -0.4 is 0 Å². The molecule has 2 aromatic rings. The molecule has 1 aromatic carbocycles. The summed E-state index contributed by atoms with van der Waals surface area (Å²) in [7, 11) is 1.79. The maximum absolute atomic E-state index is 9.15. The quantitative estimate of drug-likeness (QED) is 0.919. The summed E-state index contributed by atoms with van der Waals surface area (Å²) in [4.78, 5) is 4.76. The topological polar surface area (TPSA) is 42.4 Å². The van der Waals surface area contributed by atoms with Crippen LogP contribution >= 0.6 is 0 Å². The highest BCUT2D eigenvalue weighted by molar-refractivity contribution is 5.79. The molecule has 19 heavy (non-hydrogen) atoms. The van der Waals surface area contributed by atoms with Gasteiger partial charge in [0.05, 0.1) is 18.2 Å². The molecular weight excluding hydrogens is 238 g/mol. The van der Waals surface area contributed by atoms with Crippen LogP contribution in [0.15, 0.2) is 30.3 Å². The number of rotatable bonds is 3. The molecule has 0 spiro atoms. The first-order valence-electron chi connectivity index (χ1n) is 6.83. The van der Waals surface area contributed by atoms with Crippen LogP contribution in [0.2, 0.25) is 0 Å². The number of fused-ring (bicyclic) bond motifs is 1. The van der Waals surface area contributed by atoms with Crippen LogP contribution in [-0.4, -0.2) is 23.3 Å². The summed E-state index contributed by atoms with van der Waals surface area (Å²) in [5, 5.41) is 10.2. The third-order valence-electron chi connectivity index (χ3n) is 4.09. The van der Waals surface area contributed by atoms with Gasteiger partial charge in [0.1, 0.15) is 0 Å². The van der Waals surface area contributed by atoms with E-state index in [1.807, 2.05) is 18.2 Å². The molecule has 1 aliphatic rings. The van der Waals surface area contributed by atoms with Gasteiger partial charge in [-0.3, -0.25) is 4.98 Å². The minimum Gasteiger partial charge on any atom is -0.392 e. The summed E-state index contributed by atoms with van der Waals surface area (Å²) in [6, 6.07) is 10.2. The number of aliphatic hydroxyl groups excluding tert-OH is 1. The molecule has 0 saturated heterocycles. The smallest absolute Gasteiger partial charge is 0.0705 e. The van der Waals surface area contributed by atoms with E-state index in [1.54, 1.807) is 7.11 Å². The fourth-order valence-corrected chi connectivity index (χ4v) is 2.94. The number of aliphatic hydroxyl groups is 1. The highest BCUT2D eigenvalue weighted by Crippen LogP contribution is 2.35. The van der Waals surface area contributed by atoms with Crippen LogP contribution in [0.25, 0.3) is 10.9 Å². The van der Waals surface area contributed by atoms with Gasteiger partial charge in [-0.15, -0.1) is 0 Å². The van der Waals surface area contributed by atoms with Gasteiger partial charge in [0.25, 0.3) is 0 Å². The molecule has 1 N–H and O–H groups in total. The van der Waals surface area contributed by atoms with E-state index < -0.39 is 0 Å². The fourth-order valence-electron chi connectivity index (χ4n) is 2.94. The molecule has 0 amide bonds. The molecule has 1 saturated carbocycles. The maximum Gasteiger partial charge on any atom is 0.0705 e. The van der Waals surface area contributed by atoms with Gasteiger partial charge in [0, 0.05) is 24.1 Å². The fraction of sp³-hybridized carbons (Fsp3) is 0.438. The van der Waals surface area contributed by atoms with E-state index in [2.05, 4.69) is 12.1 Å². The first-order chi connectivity index (χ1) is 9.30. The molecule has 3 heteroatoms. The van der Waals surface area contributed by atoms with Crippen molar-refractivity contribution in [1.29, 1.82) is 0 Å². The molecule has 100 valence electrons. The van der Waals surface area contributed by atoms with Gasteiger partial charge in [-0.2, -0.15) is 0 Å².